The average Bonchev–Trinajstić information content (AvgIpc) is 2.93. The number of hydrogen-bond donors (Lipinski definition) is 1. The summed E-state index contributed by atoms with van der Waals surface area (Å²) in [6.45, 7) is 3.52. The molecule has 1 N–H and O–H groups in total. The van der Waals surface area contributed by atoms with Gasteiger partial charge in [0.2, 0.25) is 0 Å². The van der Waals surface area contributed by atoms with Crippen molar-refractivity contribution in [2.75, 3.05) is 0 Å². The summed E-state index contributed by atoms with van der Waals surface area (Å²) in [6, 6.07) is 6.13. The van der Waals surface area contributed by atoms with E-state index in [1.54, 1.807) is 6.92 Å². The van der Waals surface area contributed by atoms with Crippen molar-refractivity contribution < 1.29 is 4.79 Å². The zero-order valence-corrected chi connectivity index (χ0v) is 11.2. The van der Waals surface area contributed by atoms with Gasteiger partial charge in [-0.25, -0.2) is 0 Å². The number of H-pyrrole nitrogens is 1. The zero-order chi connectivity index (χ0) is 13.6. The van der Waals surface area contributed by atoms with Crippen molar-refractivity contribution >= 4 is 16.7 Å². The third kappa shape index (κ3) is 1.76. The van der Waals surface area contributed by atoms with E-state index in [9.17, 15) is 4.79 Å². The van der Waals surface area contributed by atoms with Crippen LogP contribution in [0.1, 0.15) is 23.0 Å². The van der Waals surface area contributed by atoms with E-state index in [0.717, 1.165) is 33.3 Å². The van der Waals surface area contributed by atoms with Crippen LogP contribution in [0.4, 0.5) is 0 Å². The Balaban J connectivity index is 2.22. The standard InChI is InChI=1S/C15H15N3O/c1-9-15(10(2)19)13(8-16-9)11-4-5-14-12(6-11)7-17-18(14)3/h4-8,16H,1-3H3. The number of aromatic amines is 1. The maximum Gasteiger partial charge on any atom is 0.162 e. The van der Waals surface area contributed by atoms with Crippen LogP contribution in [0.25, 0.3) is 22.0 Å². The van der Waals surface area contributed by atoms with Crippen LogP contribution in [0.3, 0.4) is 0 Å². The minimum atomic E-state index is 0.0834. The fraction of sp³-hybridized carbons (Fsp3) is 0.200. The van der Waals surface area contributed by atoms with E-state index in [0.29, 0.717) is 0 Å². The van der Waals surface area contributed by atoms with E-state index in [1.807, 2.05) is 43.2 Å². The molecule has 1 aromatic carbocycles. The van der Waals surface area contributed by atoms with Gasteiger partial charge in [-0.05, 0) is 31.5 Å². The predicted molar refractivity (Wildman–Crippen MR) is 75.2 cm³/mol. The fourth-order valence-electron chi connectivity index (χ4n) is 2.54. The lowest BCUT2D eigenvalue weighted by Crippen LogP contribution is -1.95. The van der Waals surface area contributed by atoms with Gasteiger partial charge in [-0.1, -0.05) is 6.07 Å². The summed E-state index contributed by atoms with van der Waals surface area (Å²) < 4.78 is 1.84. The first-order valence-electron chi connectivity index (χ1n) is 6.19. The van der Waals surface area contributed by atoms with Crippen LogP contribution in [0.2, 0.25) is 0 Å². The lowest BCUT2D eigenvalue weighted by molar-refractivity contribution is 0.101. The molecule has 0 atom stereocenters. The molecule has 0 fully saturated rings. The highest BCUT2D eigenvalue weighted by molar-refractivity contribution is 6.02. The first kappa shape index (κ1) is 11.7. The number of carbonyl (C=O) groups is 1. The van der Waals surface area contributed by atoms with Crippen LogP contribution < -0.4 is 0 Å². The molecule has 0 spiro atoms. The molecule has 3 rings (SSSR count). The Hall–Kier alpha value is -2.36. The van der Waals surface area contributed by atoms with Crippen molar-refractivity contribution in [2.24, 2.45) is 7.05 Å². The molecule has 0 radical (unpaired) electrons. The number of rotatable bonds is 2. The quantitative estimate of drug-likeness (QED) is 0.713. The summed E-state index contributed by atoms with van der Waals surface area (Å²) in [4.78, 5) is 14.9. The SMILES string of the molecule is CC(=O)c1c(-c2ccc3c(cnn3C)c2)c[nH]c1C. The minimum absolute atomic E-state index is 0.0834. The summed E-state index contributed by atoms with van der Waals surface area (Å²) in [5.41, 5.74) is 4.75. The molecule has 0 bridgehead atoms. The number of aromatic nitrogens is 3. The molecule has 2 heterocycles. The van der Waals surface area contributed by atoms with E-state index in [-0.39, 0.29) is 5.78 Å². The van der Waals surface area contributed by atoms with Crippen molar-refractivity contribution in [3.05, 3.63) is 41.9 Å². The van der Waals surface area contributed by atoms with Gasteiger partial charge in [0.25, 0.3) is 0 Å². The van der Waals surface area contributed by atoms with Crippen LogP contribution in [0.15, 0.2) is 30.6 Å². The summed E-state index contributed by atoms with van der Waals surface area (Å²) in [5, 5.41) is 5.31. The number of nitrogens with zero attached hydrogens (tertiary/aromatic N) is 2. The second-order valence-corrected chi connectivity index (χ2v) is 4.80. The lowest BCUT2D eigenvalue weighted by Gasteiger charge is -2.03. The Morgan fingerprint density at radius 3 is 2.89 bits per heavy atom. The molecular formula is C15H15N3O. The molecule has 0 unspecified atom stereocenters. The molecule has 96 valence electrons. The van der Waals surface area contributed by atoms with Gasteiger partial charge >= 0.3 is 0 Å². The topological polar surface area (TPSA) is 50.7 Å². The molecule has 0 saturated carbocycles. The van der Waals surface area contributed by atoms with Gasteiger partial charge in [0.1, 0.15) is 0 Å². The number of nitrogens with one attached hydrogen (secondary N) is 1. The second kappa shape index (κ2) is 4.09. The van der Waals surface area contributed by atoms with Crippen LogP contribution in [0.5, 0.6) is 0 Å². The average molecular weight is 253 g/mol. The van der Waals surface area contributed by atoms with Crippen LogP contribution >= 0.6 is 0 Å². The highest BCUT2D eigenvalue weighted by atomic mass is 16.1. The molecule has 0 aliphatic rings. The fourth-order valence-corrected chi connectivity index (χ4v) is 2.54. The summed E-state index contributed by atoms with van der Waals surface area (Å²) in [6.07, 6.45) is 3.73. The van der Waals surface area contributed by atoms with Gasteiger partial charge in [-0.3, -0.25) is 9.48 Å². The van der Waals surface area contributed by atoms with Crippen LogP contribution in [-0.2, 0) is 7.05 Å². The molecule has 19 heavy (non-hydrogen) atoms. The number of aryl methyl sites for hydroxylation is 2. The molecule has 0 aliphatic carbocycles. The Morgan fingerprint density at radius 1 is 1.37 bits per heavy atom. The first-order chi connectivity index (χ1) is 9.08. The summed E-state index contributed by atoms with van der Waals surface area (Å²) in [7, 11) is 1.92. The molecule has 2 aromatic heterocycles. The van der Waals surface area contributed by atoms with Crippen LogP contribution in [-0.4, -0.2) is 20.5 Å². The molecular weight excluding hydrogens is 238 g/mol. The number of fused-ring (bicyclic) bond motifs is 1. The molecule has 0 amide bonds. The monoisotopic (exact) mass is 253 g/mol. The normalized spacial score (nSPS) is 11.1. The second-order valence-electron chi connectivity index (χ2n) is 4.80. The molecule has 0 saturated heterocycles. The van der Waals surface area contributed by atoms with E-state index in [4.69, 9.17) is 0 Å². The zero-order valence-electron chi connectivity index (χ0n) is 11.2. The number of ketones is 1. The van der Waals surface area contributed by atoms with Crippen LogP contribution in [0, 0.1) is 6.92 Å². The molecule has 0 aliphatic heterocycles. The number of carbonyl (C=O) groups excluding carboxylic acids is 1. The predicted octanol–water partition coefficient (Wildman–Crippen LogP) is 3.08. The van der Waals surface area contributed by atoms with Gasteiger partial charge in [0, 0.05) is 35.5 Å². The largest absolute Gasteiger partial charge is 0.364 e. The van der Waals surface area contributed by atoms with Gasteiger partial charge in [-0.2, -0.15) is 5.10 Å². The van der Waals surface area contributed by atoms with Gasteiger partial charge in [0.05, 0.1) is 11.7 Å². The third-order valence-corrected chi connectivity index (χ3v) is 3.49. The van der Waals surface area contributed by atoms with Crippen molar-refractivity contribution in [3.63, 3.8) is 0 Å². The van der Waals surface area contributed by atoms with E-state index in [1.165, 1.54) is 0 Å². The van der Waals surface area contributed by atoms with E-state index < -0.39 is 0 Å². The highest BCUT2D eigenvalue weighted by Gasteiger charge is 2.14. The van der Waals surface area contributed by atoms with E-state index >= 15 is 0 Å². The molecule has 3 aromatic rings. The maximum atomic E-state index is 11.8. The first-order valence-corrected chi connectivity index (χ1v) is 6.19. The van der Waals surface area contributed by atoms with Gasteiger partial charge < -0.3 is 4.98 Å². The van der Waals surface area contributed by atoms with Gasteiger partial charge in [0.15, 0.2) is 5.78 Å². The Kier molecular flexibility index (Phi) is 2.52. The number of benzene rings is 1. The van der Waals surface area contributed by atoms with Crippen molar-refractivity contribution in [1.82, 2.24) is 14.8 Å². The Morgan fingerprint density at radius 2 is 2.16 bits per heavy atom. The van der Waals surface area contributed by atoms with Crippen molar-refractivity contribution in [3.8, 4) is 11.1 Å². The van der Waals surface area contributed by atoms with Crippen molar-refractivity contribution in [2.45, 2.75) is 13.8 Å². The molecule has 4 heteroatoms. The summed E-state index contributed by atoms with van der Waals surface area (Å²) >= 11 is 0. The lowest BCUT2D eigenvalue weighted by atomic mass is 9.99. The smallest absolute Gasteiger partial charge is 0.162 e. The maximum absolute atomic E-state index is 11.8. The highest BCUT2D eigenvalue weighted by Crippen LogP contribution is 2.29. The van der Waals surface area contributed by atoms with Gasteiger partial charge in [-0.15, -0.1) is 0 Å². The molecule has 4 nitrogen and oxygen atoms in total. The number of Topliss-reactive ketones (excluding diaryl/α,β-unsaturated/α-hetero) is 1. The van der Waals surface area contributed by atoms with Crippen molar-refractivity contribution in [1.29, 1.82) is 0 Å². The summed E-state index contributed by atoms with van der Waals surface area (Å²) in [5.74, 6) is 0.0834. The minimum Gasteiger partial charge on any atom is -0.364 e. The number of hydrogen-bond acceptors (Lipinski definition) is 2. The van der Waals surface area contributed by atoms with E-state index in [2.05, 4.69) is 16.1 Å². The Labute approximate surface area is 111 Å². The Bertz CT molecular complexity index is 780. The third-order valence-electron chi connectivity index (χ3n) is 3.49.